The van der Waals surface area contributed by atoms with E-state index in [1.807, 2.05) is 0 Å². The first-order valence-electron chi connectivity index (χ1n) is 11.3. The molecule has 3 aromatic carbocycles. The van der Waals surface area contributed by atoms with Gasteiger partial charge in [-0.3, -0.25) is 9.59 Å². The molecule has 0 heterocycles. The number of hydrogen-bond donors (Lipinski definition) is 2. The third kappa shape index (κ3) is 7.58. The average Bonchev–Trinajstić information content (AvgIpc) is 2.86. The lowest BCUT2D eigenvalue weighted by Gasteiger charge is -2.19. The number of hydrogen-bond acceptors (Lipinski definition) is 2. The van der Waals surface area contributed by atoms with Crippen molar-refractivity contribution < 1.29 is 40.3 Å². The Balaban J connectivity index is 1.98. The van der Waals surface area contributed by atoms with Gasteiger partial charge < -0.3 is 10.6 Å². The minimum Gasteiger partial charge on any atom is -0.345 e. The molecule has 0 spiro atoms. The molecule has 0 aliphatic rings. The van der Waals surface area contributed by atoms with Crippen molar-refractivity contribution in [3.63, 3.8) is 0 Å². The summed E-state index contributed by atoms with van der Waals surface area (Å²) in [6, 6.07) is 8.41. The number of alkyl halides is 6. The smallest absolute Gasteiger partial charge is 0.345 e. The normalized spacial score (nSPS) is 14.1. The summed E-state index contributed by atoms with van der Waals surface area (Å²) in [6.45, 7) is -0.433. The molecule has 14 heteroatoms. The number of rotatable bonds is 7. The van der Waals surface area contributed by atoms with Crippen molar-refractivity contribution in [1.29, 1.82) is 0 Å². The Bertz CT molecular complexity index is 1450. The Morgan fingerprint density at radius 1 is 0.900 bits per heavy atom. The molecule has 2 amide bonds. The van der Waals surface area contributed by atoms with Gasteiger partial charge in [0, 0.05) is 11.1 Å². The van der Waals surface area contributed by atoms with Crippen LogP contribution in [0.1, 0.15) is 34.3 Å². The van der Waals surface area contributed by atoms with Crippen LogP contribution in [-0.2, 0) is 4.79 Å². The fourth-order valence-corrected chi connectivity index (χ4v) is 4.37. The van der Waals surface area contributed by atoms with Crippen molar-refractivity contribution in [2.24, 2.45) is 0 Å². The maximum absolute atomic E-state index is 15.5. The lowest BCUT2D eigenvalue weighted by atomic mass is 9.94. The molecule has 0 radical (unpaired) electrons. The molecule has 0 saturated carbocycles. The van der Waals surface area contributed by atoms with Gasteiger partial charge in [-0.25, -0.2) is 4.39 Å². The molecule has 0 aliphatic carbocycles. The molecule has 0 bridgehead atoms. The van der Waals surface area contributed by atoms with Crippen LogP contribution in [0.25, 0.3) is 16.6 Å². The van der Waals surface area contributed by atoms with Gasteiger partial charge in [0.2, 0.25) is 5.91 Å². The summed E-state index contributed by atoms with van der Waals surface area (Å²) in [4.78, 5) is 24.8. The Morgan fingerprint density at radius 2 is 1.43 bits per heavy atom. The summed E-state index contributed by atoms with van der Waals surface area (Å²) in [6.07, 6.45) is -9.26. The molecule has 2 N–H and O–H groups in total. The monoisotopic (exact) mass is 628 g/mol. The van der Waals surface area contributed by atoms with Crippen LogP contribution >= 0.6 is 34.8 Å². The predicted octanol–water partition coefficient (Wildman–Crippen LogP) is 8.25. The molecule has 4 nitrogen and oxygen atoms in total. The number of allylic oxidation sites excluding steroid dienone is 1. The van der Waals surface area contributed by atoms with Crippen molar-refractivity contribution >= 4 is 63.2 Å². The summed E-state index contributed by atoms with van der Waals surface area (Å²) in [5, 5.41) is 3.40. The van der Waals surface area contributed by atoms with Gasteiger partial charge in [-0.15, -0.1) is 0 Å². The van der Waals surface area contributed by atoms with Crippen LogP contribution in [0.2, 0.25) is 15.1 Å². The molecule has 0 saturated heterocycles. The Kier molecular flexibility index (Phi) is 9.64. The van der Waals surface area contributed by atoms with E-state index in [4.69, 9.17) is 34.8 Å². The number of halogens is 10. The Hall–Kier alpha value is -3.02. The molecular weight excluding hydrogens is 612 g/mol. The number of fused-ring (bicyclic) bond motifs is 1. The molecule has 40 heavy (non-hydrogen) atoms. The molecular formula is C26H18Cl3F7N2O2. The SMILES string of the molecule is CC(NC(=O)c1ccc(/C(F)=C/C(c2cc(Cl)c(Cl)c(Cl)c2)C(F)(F)F)c2ccccc12)C(=O)NCC(F)(F)F. The molecule has 0 fully saturated rings. The highest BCUT2D eigenvalue weighted by molar-refractivity contribution is 6.48. The van der Waals surface area contributed by atoms with Crippen LogP contribution in [0.3, 0.4) is 0 Å². The highest BCUT2D eigenvalue weighted by Crippen LogP contribution is 2.42. The van der Waals surface area contributed by atoms with Gasteiger partial charge in [-0.2, -0.15) is 26.3 Å². The van der Waals surface area contributed by atoms with Gasteiger partial charge in [-0.05, 0) is 47.5 Å². The number of carbonyl (C=O) groups is 2. The zero-order valence-electron chi connectivity index (χ0n) is 20.2. The summed E-state index contributed by atoms with van der Waals surface area (Å²) in [7, 11) is 0. The van der Waals surface area contributed by atoms with Crippen molar-refractivity contribution in [3.05, 3.63) is 86.4 Å². The Morgan fingerprint density at radius 3 is 1.95 bits per heavy atom. The lowest BCUT2D eigenvalue weighted by molar-refractivity contribution is -0.139. The van der Waals surface area contributed by atoms with Crippen molar-refractivity contribution in [1.82, 2.24) is 10.6 Å². The first-order chi connectivity index (χ1) is 18.5. The number of nitrogens with one attached hydrogen (secondary N) is 2. The van der Waals surface area contributed by atoms with E-state index >= 15 is 4.39 Å². The standard InChI is InChI=1S/C26H18Cl3F7N2O2/c1-12(23(39)37-11-25(31,32)33)38-24(40)17-7-6-16(14-4-2-3-5-15(14)17)21(30)10-18(26(34,35)36)13-8-19(27)22(29)20(28)9-13/h2-10,12,18H,11H2,1H3,(H,37,39)(H,38,40)/b21-10-. The van der Waals surface area contributed by atoms with Gasteiger partial charge in [0.15, 0.2) is 0 Å². The number of benzene rings is 3. The molecule has 3 rings (SSSR count). The minimum atomic E-state index is -4.95. The first kappa shape index (κ1) is 31.5. The van der Waals surface area contributed by atoms with Crippen molar-refractivity contribution in [2.75, 3.05) is 6.54 Å². The topological polar surface area (TPSA) is 58.2 Å². The van der Waals surface area contributed by atoms with Crippen LogP contribution in [-0.4, -0.2) is 36.8 Å². The van der Waals surface area contributed by atoms with Crippen LogP contribution < -0.4 is 10.6 Å². The molecule has 3 aromatic rings. The molecule has 214 valence electrons. The Labute approximate surface area is 238 Å². The van der Waals surface area contributed by atoms with Gasteiger partial charge >= 0.3 is 12.4 Å². The van der Waals surface area contributed by atoms with E-state index in [-0.39, 0.29) is 37.0 Å². The zero-order valence-corrected chi connectivity index (χ0v) is 22.4. The fourth-order valence-electron chi connectivity index (χ4n) is 3.76. The van der Waals surface area contributed by atoms with E-state index in [0.717, 1.165) is 31.2 Å². The fraction of sp³-hybridized carbons (Fsp3) is 0.231. The van der Waals surface area contributed by atoms with E-state index in [9.17, 15) is 35.9 Å². The second kappa shape index (κ2) is 12.2. The second-order valence-electron chi connectivity index (χ2n) is 8.57. The van der Waals surface area contributed by atoms with Crippen molar-refractivity contribution in [3.8, 4) is 0 Å². The third-order valence-corrected chi connectivity index (χ3v) is 6.86. The summed E-state index contributed by atoms with van der Waals surface area (Å²) < 4.78 is 94.4. The highest BCUT2D eigenvalue weighted by atomic mass is 35.5. The van der Waals surface area contributed by atoms with E-state index in [1.54, 1.807) is 5.32 Å². The summed E-state index contributed by atoms with van der Waals surface area (Å²) in [5.74, 6) is -5.70. The van der Waals surface area contributed by atoms with Gasteiger partial charge in [0.25, 0.3) is 5.91 Å². The maximum Gasteiger partial charge on any atom is 0.405 e. The molecule has 2 atom stereocenters. The molecule has 2 unspecified atom stereocenters. The zero-order chi connectivity index (χ0) is 30.0. The first-order valence-corrected chi connectivity index (χ1v) is 12.4. The quantitative estimate of drug-likeness (QED) is 0.204. The van der Waals surface area contributed by atoms with E-state index in [0.29, 0.717) is 6.08 Å². The third-order valence-electron chi connectivity index (χ3n) is 5.66. The van der Waals surface area contributed by atoms with Gasteiger partial charge in [0.1, 0.15) is 24.3 Å². The van der Waals surface area contributed by atoms with E-state index in [2.05, 4.69) is 5.32 Å². The summed E-state index contributed by atoms with van der Waals surface area (Å²) >= 11 is 17.6. The molecule has 0 aliphatic heterocycles. The van der Waals surface area contributed by atoms with Crippen molar-refractivity contribution in [2.45, 2.75) is 31.2 Å². The predicted molar refractivity (Wildman–Crippen MR) is 139 cm³/mol. The summed E-state index contributed by atoms with van der Waals surface area (Å²) in [5.41, 5.74) is -0.824. The van der Waals surface area contributed by atoms with E-state index < -0.39 is 54.1 Å². The minimum absolute atomic E-state index is 0.0613. The number of amides is 2. The van der Waals surface area contributed by atoms with Crippen LogP contribution in [0, 0.1) is 0 Å². The second-order valence-corrected chi connectivity index (χ2v) is 9.76. The number of carbonyl (C=O) groups excluding carboxylic acids is 2. The van der Waals surface area contributed by atoms with Gasteiger partial charge in [0.05, 0.1) is 15.1 Å². The van der Waals surface area contributed by atoms with Crippen LogP contribution in [0.4, 0.5) is 30.7 Å². The van der Waals surface area contributed by atoms with E-state index in [1.165, 1.54) is 24.3 Å². The molecule has 0 aromatic heterocycles. The lowest BCUT2D eigenvalue weighted by Crippen LogP contribution is -2.47. The van der Waals surface area contributed by atoms with Gasteiger partial charge in [-0.1, -0.05) is 65.1 Å². The largest absolute Gasteiger partial charge is 0.405 e. The maximum atomic E-state index is 15.5. The average molecular weight is 630 g/mol. The van der Waals surface area contributed by atoms with Crippen LogP contribution in [0.5, 0.6) is 0 Å². The highest BCUT2D eigenvalue weighted by Gasteiger charge is 2.40. The van der Waals surface area contributed by atoms with Crippen LogP contribution in [0.15, 0.2) is 54.6 Å².